The van der Waals surface area contributed by atoms with Gasteiger partial charge >= 0.3 is 0 Å². The first-order valence-electron chi connectivity index (χ1n) is 5.53. The lowest BCUT2D eigenvalue weighted by Gasteiger charge is -2.10. The highest BCUT2D eigenvalue weighted by atomic mass is 19.1. The molecule has 0 saturated heterocycles. The number of benzene rings is 1. The third-order valence-electron chi connectivity index (χ3n) is 3.11. The van der Waals surface area contributed by atoms with Gasteiger partial charge < -0.3 is 9.88 Å². The first-order chi connectivity index (χ1) is 7.63. The molecule has 86 valence electrons. The van der Waals surface area contributed by atoms with E-state index in [0.29, 0.717) is 11.6 Å². The van der Waals surface area contributed by atoms with Crippen LogP contribution in [0.5, 0.6) is 0 Å². The van der Waals surface area contributed by atoms with E-state index in [1.54, 1.807) is 6.07 Å². The predicted octanol–water partition coefficient (Wildman–Crippen LogP) is 2.47. The summed E-state index contributed by atoms with van der Waals surface area (Å²) in [6, 6.07) is 7.67. The molecular formula is C13H17FN2. The Hall–Kier alpha value is -1.35. The number of fused-ring (bicyclic) bond motifs is 1. The van der Waals surface area contributed by atoms with E-state index in [2.05, 4.69) is 18.3 Å². The molecule has 0 spiro atoms. The summed E-state index contributed by atoms with van der Waals surface area (Å²) in [4.78, 5) is 0. The van der Waals surface area contributed by atoms with Crippen molar-refractivity contribution in [2.45, 2.75) is 19.4 Å². The molecule has 0 saturated carbocycles. The minimum absolute atomic E-state index is 0.150. The van der Waals surface area contributed by atoms with Crippen LogP contribution >= 0.6 is 0 Å². The van der Waals surface area contributed by atoms with Crippen molar-refractivity contribution in [3.05, 3.63) is 35.8 Å². The highest BCUT2D eigenvalue weighted by molar-refractivity contribution is 5.81. The van der Waals surface area contributed by atoms with Gasteiger partial charge in [-0.2, -0.15) is 0 Å². The Bertz CT molecular complexity index is 502. The maximum Gasteiger partial charge on any atom is 0.147 e. The lowest BCUT2D eigenvalue weighted by molar-refractivity contribution is 0.586. The molecule has 1 aromatic heterocycles. The molecule has 0 radical (unpaired) electrons. The number of halogens is 1. The zero-order chi connectivity index (χ0) is 11.7. The molecule has 0 fully saturated rings. The molecule has 1 atom stereocenters. The lowest BCUT2D eigenvalue weighted by Crippen LogP contribution is -2.24. The zero-order valence-electron chi connectivity index (χ0n) is 9.92. The molecule has 0 aliphatic heterocycles. The van der Waals surface area contributed by atoms with E-state index in [0.717, 1.165) is 17.5 Å². The Balaban J connectivity index is 2.48. The van der Waals surface area contributed by atoms with Crippen LogP contribution in [0.25, 0.3) is 10.9 Å². The molecule has 16 heavy (non-hydrogen) atoms. The van der Waals surface area contributed by atoms with E-state index >= 15 is 0 Å². The van der Waals surface area contributed by atoms with Crippen LogP contribution in [-0.2, 0) is 13.5 Å². The van der Waals surface area contributed by atoms with E-state index in [-0.39, 0.29) is 5.82 Å². The smallest absolute Gasteiger partial charge is 0.147 e. The van der Waals surface area contributed by atoms with Gasteiger partial charge in [0.15, 0.2) is 0 Å². The van der Waals surface area contributed by atoms with E-state index in [1.165, 1.54) is 6.07 Å². The highest BCUT2D eigenvalue weighted by Crippen LogP contribution is 2.22. The van der Waals surface area contributed by atoms with E-state index in [9.17, 15) is 4.39 Å². The lowest BCUT2D eigenvalue weighted by atomic mass is 10.2. The van der Waals surface area contributed by atoms with Crippen LogP contribution in [0, 0.1) is 5.82 Å². The maximum atomic E-state index is 13.6. The van der Waals surface area contributed by atoms with E-state index < -0.39 is 0 Å². The summed E-state index contributed by atoms with van der Waals surface area (Å²) in [5.74, 6) is -0.150. The van der Waals surface area contributed by atoms with Gasteiger partial charge in [-0.05, 0) is 26.1 Å². The SMILES string of the molecule is CNC(C)Cc1cc2cccc(F)c2n1C. The molecule has 0 bridgehead atoms. The number of aryl methyl sites for hydroxylation is 1. The summed E-state index contributed by atoms with van der Waals surface area (Å²) in [7, 11) is 3.86. The second-order valence-electron chi connectivity index (χ2n) is 4.27. The first-order valence-corrected chi connectivity index (χ1v) is 5.53. The molecule has 1 N–H and O–H groups in total. The Morgan fingerprint density at radius 2 is 2.19 bits per heavy atom. The van der Waals surface area contributed by atoms with E-state index in [1.807, 2.05) is 24.7 Å². The van der Waals surface area contributed by atoms with Gasteiger partial charge in [0, 0.05) is 30.6 Å². The Labute approximate surface area is 95.1 Å². The number of nitrogens with one attached hydrogen (secondary N) is 1. The summed E-state index contributed by atoms with van der Waals surface area (Å²) in [6.45, 7) is 2.12. The van der Waals surface area contributed by atoms with Crippen LogP contribution in [-0.4, -0.2) is 17.7 Å². The first kappa shape index (κ1) is 11.1. The van der Waals surface area contributed by atoms with Crippen LogP contribution in [0.15, 0.2) is 24.3 Å². The number of hydrogen-bond acceptors (Lipinski definition) is 1. The molecule has 0 amide bonds. The zero-order valence-corrected chi connectivity index (χ0v) is 9.92. The Morgan fingerprint density at radius 1 is 1.44 bits per heavy atom. The molecule has 2 nitrogen and oxygen atoms in total. The fraction of sp³-hybridized carbons (Fsp3) is 0.385. The molecule has 2 aromatic rings. The summed E-state index contributed by atoms with van der Waals surface area (Å²) < 4.78 is 15.6. The highest BCUT2D eigenvalue weighted by Gasteiger charge is 2.11. The van der Waals surface area contributed by atoms with Gasteiger partial charge in [0.2, 0.25) is 0 Å². The van der Waals surface area contributed by atoms with Gasteiger partial charge in [0.25, 0.3) is 0 Å². The Morgan fingerprint density at radius 3 is 2.81 bits per heavy atom. The van der Waals surface area contributed by atoms with Crippen LogP contribution in [0.3, 0.4) is 0 Å². The summed E-state index contributed by atoms with van der Waals surface area (Å²) >= 11 is 0. The minimum atomic E-state index is -0.150. The number of para-hydroxylation sites is 1. The topological polar surface area (TPSA) is 17.0 Å². The van der Waals surface area contributed by atoms with Crippen molar-refractivity contribution in [2.24, 2.45) is 7.05 Å². The average molecular weight is 220 g/mol. The summed E-state index contributed by atoms with van der Waals surface area (Å²) in [6.07, 6.45) is 0.904. The quantitative estimate of drug-likeness (QED) is 0.840. The number of nitrogens with zero attached hydrogens (tertiary/aromatic N) is 1. The average Bonchev–Trinajstić information content (AvgIpc) is 2.57. The molecule has 1 heterocycles. The molecule has 0 aliphatic carbocycles. The minimum Gasteiger partial charge on any atom is -0.345 e. The number of aromatic nitrogens is 1. The summed E-state index contributed by atoms with van der Waals surface area (Å²) in [5, 5.41) is 4.17. The molecule has 2 rings (SSSR count). The third-order valence-corrected chi connectivity index (χ3v) is 3.11. The van der Waals surface area contributed by atoms with E-state index in [4.69, 9.17) is 0 Å². The van der Waals surface area contributed by atoms with Crippen LogP contribution in [0.2, 0.25) is 0 Å². The molecule has 1 aromatic carbocycles. The molecule has 1 unspecified atom stereocenters. The fourth-order valence-electron chi connectivity index (χ4n) is 2.03. The van der Waals surface area contributed by atoms with Gasteiger partial charge in [0.05, 0.1) is 5.52 Å². The van der Waals surface area contributed by atoms with Crippen molar-refractivity contribution in [3.63, 3.8) is 0 Å². The Kier molecular flexibility index (Phi) is 2.97. The van der Waals surface area contributed by atoms with Crippen LogP contribution < -0.4 is 5.32 Å². The summed E-state index contributed by atoms with van der Waals surface area (Å²) in [5.41, 5.74) is 1.85. The van der Waals surface area contributed by atoms with Gasteiger partial charge in [-0.25, -0.2) is 4.39 Å². The monoisotopic (exact) mass is 220 g/mol. The number of hydrogen-bond donors (Lipinski definition) is 1. The predicted molar refractivity (Wildman–Crippen MR) is 65.1 cm³/mol. The number of likely N-dealkylation sites (N-methyl/N-ethyl adjacent to an activating group) is 1. The van der Waals surface area contributed by atoms with Crippen molar-refractivity contribution < 1.29 is 4.39 Å². The maximum absolute atomic E-state index is 13.6. The van der Waals surface area contributed by atoms with Crippen molar-refractivity contribution >= 4 is 10.9 Å². The molecule has 3 heteroatoms. The normalized spacial score (nSPS) is 13.2. The van der Waals surface area contributed by atoms with Gasteiger partial charge in [-0.15, -0.1) is 0 Å². The second kappa shape index (κ2) is 4.26. The van der Waals surface area contributed by atoms with Crippen LogP contribution in [0.4, 0.5) is 4.39 Å². The number of rotatable bonds is 3. The van der Waals surface area contributed by atoms with Crippen molar-refractivity contribution in [1.29, 1.82) is 0 Å². The van der Waals surface area contributed by atoms with Crippen molar-refractivity contribution in [1.82, 2.24) is 9.88 Å². The standard InChI is InChI=1S/C13H17FN2/c1-9(15-2)7-11-8-10-5-4-6-12(14)13(10)16(11)3/h4-6,8-9,15H,7H2,1-3H3. The van der Waals surface area contributed by atoms with Gasteiger partial charge in [0.1, 0.15) is 5.82 Å². The van der Waals surface area contributed by atoms with Crippen molar-refractivity contribution in [2.75, 3.05) is 7.05 Å². The van der Waals surface area contributed by atoms with Gasteiger partial charge in [-0.3, -0.25) is 0 Å². The van der Waals surface area contributed by atoms with Gasteiger partial charge in [-0.1, -0.05) is 12.1 Å². The molecular weight excluding hydrogens is 203 g/mol. The second-order valence-corrected chi connectivity index (χ2v) is 4.27. The fourth-order valence-corrected chi connectivity index (χ4v) is 2.03. The van der Waals surface area contributed by atoms with Crippen LogP contribution in [0.1, 0.15) is 12.6 Å². The van der Waals surface area contributed by atoms with Crippen molar-refractivity contribution in [3.8, 4) is 0 Å². The largest absolute Gasteiger partial charge is 0.345 e. The molecule has 0 aliphatic rings. The third kappa shape index (κ3) is 1.83.